The number of ether oxygens (including phenoxy) is 1. The van der Waals surface area contributed by atoms with Gasteiger partial charge in [0.2, 0.25) is 0 Å². The standard InChI is InChI=1S/C19H20N2O2/c1-2-21(13-12-16-6-4-3-5-7-16)19(22)15-23-18-10-8-17(14-20)9-11-18/h3-11H,2,12-13,15H2,1H3. The molecule has 0 spiro atoms. The molecule has 0 N–H and O–H groups in total. The number of benzene rings is 2. The van der Waals surface area contributed by atoms with Crippen LogP contribution in [-0.4, -0.2) is 30.5 Å². The first-order chi connectivity index (χ1) is 11.2. The number of likely N-dealkylation sites (N-methyl/N-ethyl adjacent to an activating group) is 1. The van der Waals surface area contributed by atoms with Crippen molar-refractivity contribution in [3.8, 4) is 11.8 Å². The highest BCUT2D eigenvalue weighted by molar-refractivity contribution is 5.77. The van der Waals surface area contributed by atoms with Crippen molar-refractivity contribution in [2.75, 3.05) is 19.7 Å². The Balaban J connectivity index is 1.83. The lowest BCUT2D eigenvalue weighted by Gasteiger charge is -2.21. The molecular formula is C19H20N2O2. The number of carbonyl (C=O) groups is 1. The van der Waals surface area contributed by atoms with Crippen LogP contribution in [-0.2, 0) is 11.2 Å². The molecule has 4 heteroatoms. The summed E-state index contributed by atoms with van der Waals surface area (Å²) < 4.78 is 5.50. The number of nitrogens with zero attached hydrogens (tertiary/aromatic N) is 2. The zero-order chi connectivity index (χ0) is 16.5. The van der Waals surface area contributed by atoms with Crippen LogP contribution in [0.5, 0.6) is 5.75 Å². The van der Waals surface area contributed by atoms with E-state index < -0.39 is 0 Å². The molecule has 118 valence electrons. The van der Waals surface area contributed by atoms with E-state index in [1.54, 1.807) is 29.2 Å². The third-order valence-electron chi connectivity index (χ3n) is 3.59. The van der Waals surface area contributed by atoms with Crippen molar-refractivity contribution in [1.82, 2.24) is 4.90 Å². The predicted molar refractivity (Wildman–Crippen MR) is 89.1 cm³/mol. The van der Waals surface area contributed by atoms with Crippen LogP contribution in [0, 0.1) is 11.3 Å². The van der Waals surface area contributed by atoms with Gasteiger partial charge in [-0.15, -0.1) is 0 Å². The molecule has 0 aromatic heterocycles. The van der Waals surface area contributed by atoms with E-state index in [9.17, 15) is 4.79 Å². The van der Waals surface area contributed by atoms with Crippen molar-refractivity contribution in [3.05, 3.63) is 65.7 Å². The average Bonchev–Trinajstić information content (AvgIpc) is 2.61. The molecule has 0 atom stereocenters. The van der Waals surface area contributed by atoms with Gasteiger partial charge in [-0.3, -0.25) is 4.79 Å². The van der Waals surface area contributed by atoms with E-state index in [4.69, 9.17) is 10.00 Å². The Kier molecular flexibility index (Phi) is 6.19. The van der Waals surface area contributed by atoms with Crippen molar-refractivity contribution in [1.29, 1.82) is 5.26 Å². The van der Waals surface area contributed by atoms with Gasteiger partial charge in [0.05, 0.1) is 11.6 Å². The zero-order valence-electron chi connectivity index (χ0n) is 13.2. The Morgan fingerprint density at radius 3 is 2.43 bits per heavy atom. The lowest BCUT2D eigenvalue weighted by atomic mass is 10.1. The third kappa shape index (κ3) is 5.15. The number of carbonyl (C=O) groups excluding carboxylic acids is 1. The number of nitriles is 1. The molecule has 0 saturated carbocycles. The molecule has 0 saturated heterocycles. The van der Waals surface area contributed by atoms with Gasteiger partial charge in [0.25, 0.3) is 5.91 Å². The van der Waals surface area contributed by atoms with Crippen LogP contribution < -0.4 is 4.74 Å². The minimum absolute atomic E-state index is 0.00846. The molecular weight excluding hydrogens is 288 g/mol. The van der Waals surface area contributed by atoms with Crippen LogP contribution in [0.15, 0.2) is 54.6 Å². The first kappa shape index (κ1) is 16.6. The molecule has 0 heterocycles. The van der Waals surface area contributed by atoms with Gasteiger partial charge in [0, 0.05) is 13.1 Å². The highest BCUT2D eigenvalue weighted by atomic mass is 16.5. The van der Waals surface area contributed by atoms with E-state index >= 15 is 0 Å². The quantitative estimate of drug-likeness (QED) is 0.790. The van der Waals surface area contributed by atoms with Gasteiger partial charge in [-0.1, -0.05) is 30.3 Å². The lowest BCUT2D eigenvalue weighted by Crippen LogP contribution is -2.36. The van der Waals surface area contributed by atoms with Crippen LogP contribution in [0.4, 0.5) is 0 Å². The third-order valence-corrected chi connectivity index (χ3v) is 3.59. The average molecular weight is 308 g/mol. The van der Waals surface area contributed by atoms with Crippen LogP contribution in [0.25, 0.3) is 0 Å². The molecule has 0 unspecified atom stereocenters. The minimum atomic E-state index is -0.0345. The van der Waals surface area contributed by atoms with E-state index in [0.717, 1.165) is 6.42 Å². The van der Waals surface area contributed by atoms with Gasteiger partial charge in [-0.2, -0.15) is 5.26 Å². The van der Waals surface area contributed by atoms with Gasteiger partial charge in [-0.05, 0) is 43.2 Å². The van der Waals surface area contributed by atoms with Crippen molar-refractivity contribution in [3.63, 3.8) is 0 Å². The molecule has 0 aliphatic heterocycles. The smallest absolute Gasteiger partial charge is 0.260 e. The van der Waals surface area contributed by atoms with E-state index in [0.29, 0.717) is 24.4 Å². The van der Waals surface area contributed by atoms with Crippen molar-refractivity contribution >= 4 is 5.91 Å². The highest BCUT2D eigenvalue weighted by Gasteiger charge is 2.12. The van der Waals surface area contributed by atoms with Gasteiger partial charge in [0.15, 0.2) is 6.61 Å². The fourth-order valence-electron chi connectivity index (χ4n) is 2.23. The summed E-state index contributed by atoms with van der Waals surface area (Å²) in [5, 5.41) is 8.75. The fraction of sp³-hybridized carbons (Fsp3) is 0.263. The summed E-state index contributed by atoms with van der Waals surface area (Å²) in [5.74, 6) is 0.559. The second-order valence-corrected chi connectivity index (χ2v) is 5.13. The predicted octanol–water partition coefficient (Wildman–Crippen LogP) is 3.03. The molecule has 1 amide bonds. The molecule has 2 aromatic rings. The van der Waals surface area contributed by atoms with E-state index in [-0.39, 0.29) is 12.5 Å². The van der Waals surface area contributed by atoms with E-state index in [2.05, 4.69) is 12.1 Å². The Bertz CT molecular complexity index is 660. The maximum atomic E-state index is 12.2. The van der Waals surface area contributed by atoms with Crippen molar-refractivity contribution in [2.45, 2.75) is 13.3 Å². The SMILES string of the molecule is CCN(CCc1ccccc1)C(=O)COc1ccc(C#N)cc1. The Hall–Kier alpha value is -2.80. The first-order valence-corrected chi connectivity index (χ1v) is 7.67. The highest BCUT2D eigenvalue weighted by Crippen LogP contribution is 2.11. The van der Waals surface area contributed by atoms with Crippen LogP contribution in [0.2, 0.25) is 0 Å². The molecule has 23 heavy (non-hydrogen) atoms. The monoisotopic (exact) mass is 308 g/mol. The van der Waals surface area contributed by atoms with Crippen molar-refractivity contribution in [2.24, 2.45) is 0 Å². The summed E-state index contributed by atoms with van der Waals surface area (Å²) in [6, 6.07) is 18.9. The minimum Gasteiger partial charge on any atom is -0.484 e. The summed E-state index contributed by atoms with van der Waals surface area (Å²) in [6.45, 7) is 3.30. The molecule has 0 fully saturated rings. The van der Waals surface area contributed by atoms with Crippen LogP contribution in [0.1, 0.15) is 18.1 Å². The summed E-state index contributed by atoms with van der Waals surface area (Å²) in [7, 11) is 0. The van der Waals surface area contributed by atoms with Crippen LogP contribution >= 0.6 is 0 Å². The number of hydrogen-bond donors (Lipinski definition) is 0. The number of hydrogen-bond acceptors (Lipinski definition) is 3. The second kappa shape index (κ2) is 8.60. The molecule has 2 rings (SSSR count). The Labute approximate surface area is 136 Å². The molecule has 0 bridgehead atoms. The van der Waals surface area contributed by atoms with Gasteiger partial charge in [0.1, 0.15) is 5.75 Å². The zero-order valence-corrected chi connectivity index (χ0v) is 13.2. The van der Waals surface area contributed by atoms with Gasteiger partial charge < -0.3 is 9.64 Å². The summed E-state index contributed by atoms with van der Waals surface area (Å²) in [4.78, 5) is 14.0. The molecule has 0 aliphatic rings. The largest absolute Gasteiger partial charge is 0.484 e. The Morgan fingerprint density at radius 1 is 1.13 bits per heavy atom. The second-order valence-electron chi connectivity index (χ2n) is 5.13. The maximum absolute atomic E-state index is 12.2. The summed E-state index contributed by atoms with van der Waals surface area (Å²) >= 11 is 0. The molecule has 0 aliphatic carbocycles. The number of amides is 1. The number of rotatable bonds is 7. The molecule has 2 aromatic carbocycles. The molecule has 0 radical (unpaired) electrons. The lowest BCUT2D eigenvalue weighted by molar-refractivity contribution is -0.133. The normalized spacial score (nSPS) is 9.91. The fourth-order valence-corrected chi connectivity index (χ4v) is 2.23. The van der Waals surface area contributed by atoms with Gasteiger partial charge in [-0.25, -0.2) is 0 Å². The topological polar surface area (TPSA) is 53.3 Å². The summed E-state index contributed by atoms with van der Waals surface area (Å²) in [5.41, 5.74) is 1.79. The maximum Gasteiger partial charge on any atom is 0.260 e. The van der Waals surface area contributed by atoms with Crippen LogP contribution in [0.3, 0.4) is 0 Å². The summed E-state index contributed by atoms with van der Waals surface area (Å²) in [6.07, 6.45) is 0.831. The van der Waals surface area contributed by atoms with Crippen molar-refractivity contribution < 1.29 is 9.53 Å². The van der Waals surface area contributed by atoms with E-state index in [1.165, 1.54) is 5.56 Å². The van der Waals surface area contributed by atoms with E-state index in [1.807, 2.05) is 31.2 Å². The molecule has 4 nitrogen and oxygen atoms in total. The Morgan fingerprint density at radius 2 is 1.83 bits per heavy atom. The first-order valence-electron chi connectivity index (χ1n) is 7.67. The van der Waals surface area contributed by atoms with Gasteiger partial charge >= 0.3 is 0 Å².